The Bertz CT molecular complexity index is 990. The molecule has 1 heterocycles. The number of ketones is 1. The van der Waals surface area contributed by atoms with Crippen molar-refractivity contribution in [3.05, 3.63) is 64.2 Å². The van der Waals surface area contributed by atoms with Gasteiger partial charge in [-0.3, -0.25) is 14.5 Å². The SMILES string of the molecule is COc1ccc(C(=O)CN2C(=O)N[C@@]3(CCCc4ccccc43)C2=O)cc1Cl. The number of nitrogens with zero attached hydrogens (tertiary/aromatic N) is 1. The zero-order chi connectivity index (χ0) is 19.9. The number of aryl methyl sites for hydroxylation is 1. The van der Waals surface area contributed by atoms with Crippen molar-refractivity contribution in [3.63, 3.8) is 0 Å². The topological polar surface area (TPSA) is 75.7 Å². The van der Waals surface area contributed by atoms with Crippen molar-refractivity contribution in [1.29, 1.82) is 0 Å². The van der Waals surface area contributed by atoms with Gasteiger partial charge >= 0.3 is 6.03 Å². The highest BCUT2D eigenvalue weighted by Crippen LogP contribution is 2.40. The molecule has 2 aromatic rings. The summed E-state index contributed by atoms with van der Waals surface area (Å²) in [5.74, 6) is -0.294. The van der Waals surface area contributed by atoms with Crippen LogP contribution >= 0.6 is 11.6 Å². The lowest BCUT2D eigenvalue weighted by Gasteiger charge is -2.33. The molecular formula is C21H19ClN2O4. The number of amides is 3. The second-order valence-corrected chi connectivity index (χ2v) is 7.42. The molecule has 2 aliphatic rings. The first-order chi connectivity index (χ1) is 13.5. The molecule has 1 N–H and O–H groups in total. The van der Waals surface area contributed by atoms with E-state index in [1.54, 1.807) is 12.1 Å². The number of hydrogen-bond donors (Lipinski definition) is 1. The smallest absolute Gasteiger partial charge is 0.325 e. The molecule has 0 bridgehead atoms. The van der Waals surface area contributed by atoms with Gasteiger partial charge in [-0.1, -0.05) is 35.9 Å². The lowest BCUT2D eigenvalue weighted by atomic mass is 9.76. The maximum Gasteiger partial charge on any atom is 0.325 e. The summed E-state index contributed by atoms with van der Waals surface area (Å²) in [5.41, 5.74) is 1.11. The van der Waals surface area contributed by atoms with Crippen molar-refractivity contribution >= 4 is 29.3 Å². The van der Waals surface area contributed by atoms with Crippen molar-refractivity contribution in [3.8, 4) is 5.75 Å². The Morgan fingerprint density at radius 3 is 2.79 bits per heavy atom. The van der Waals surface area contributed by atoms with Crippen LogP contribution in [0.25, 0.3) is 0 Å². The monoisotopic (exact) mass is 398 g/mol. The van der Waals surface area contributed by atoms with Crippen LogP contribution in [-0.4, -0.2) is 36.3 Å². The van der Waals surface area contributed by atoms with Gasteiger partial charge in [-0.2, -0.15) is 0 Å². The van der Waals surface area contributed by atoms with Gasteiger partial charge in [0.05, 0.1) is 18.7 Å². The van der Waals surface area contributed by atoms with Gasteiger partial charge in [-0.05, 0) is 48.6 Å². The molecule has 0 saturated carbocycles. The first-order valence-corrected chi connectivity index (χ1v) is 9.43. The van der Waals surface area contributed by atoms with E-state index in [2.05, 4.69) is 5.32 Å². The number of benzene rings is 2. The Hall–Kier alpha value is -2.86. The van der Waals surface area contributed by atoms with Gasteiger partial charge in [0.1, 0.15) is 11.3 Å². The fourth-order valence-electron chi connectivity index (χ4n) is 4.03. The van der Waals surface area contributed by atoms with Gasteiger partial charge in [0.25, 0.3) is 5.91 Å². The van der Waals surface area contributed by atoms with E-state index >= 15 is 0 Å². The highest BCUT2D eigenvalue weighted by molar-refractivity contribution is 6.32. The molecule has 1 spiro atoms. The van der Waals surface area contributed by atoms with Gasteiger partial charge in [-0.25, -0.2) is 4.79 Å². The number of carbonyl (C=O) groups excluding carboxylic acids is 3. The molecule has 1 aliphatic heterocycles. The molecule has 1 aliphatic carbocycles. The Balaban J connectivity index is 1.61. The highest BCUT2D eigenvalue weighted by atomic mass is 35.5. The van der Waals surface area contributed by atoms with Crippen molar-refractivity contribution < 1.29 is 19.1 Å². The van der Waals surface area contributed by atoms with Crippen LogP contribution in [0, 0.1) is 0 Å². The molecule has 2 aromatic carbocycles. The molecule has 144 valence electrons. The Morgan fingerprint density at radius 2 is 2.04 bits per heavy atom. The standard InChI is InChI=1S/C21H19ClN2O4/c1-28-18-9-8-14(11-16(18)22)17(25)12-24-19(26)21(23-20(24)27)10-4-6-13-5-2-3-7-15(13)21/h2-3,5,7-9,11H,4,6,10,12H2,1H3,(H,23,27)/t21-/m1/s1. The van der Waals surface area contributed by atoms with Gasteiger partial charge in [0.15, 0.2) is 5.78 Å². The van der Waals surface area contributed by atoms with Crippen LogP contribution in [0.15, 0.2) is 42.5 Å². The minimum atomic E-state index is -1.08. The third kappa shape index (κ3) is 2.85. The van der Waals surface area contributed by atoms with Crippen molar-refractivity contribution in [2.45, 2.75) is 24.8 Å². The fraction of sp³-hybridized carbons (Fsp3) is 0.286. The van der Waals surface area contributed by atoms with Crippen molar-refractivity contribution in [2.24, 2.45) is 0 Å². The molecule has 4 rings (SSSR count). The van der Waals surface area contributed by atoms with E-state index in [0.29, 0.717) is 22.8 Å². The first kappa shape index (κ1) is 18.5. The Morgan fingerprint density at radius 1 is 1.25 bits per heavy atom. The average Bonchev–Trinajstić information content (AvgIpc) is 2.93. The molecule has 0 radical (unpaired) electrons. The summed E-state index contributed by atoms with van der Waals surface area (Å²) >= 11 is 6.08. The summed E-state index contributed by atoms with van der Waals surface area (Å²) in [7, 11) is 1.48. The number of ether oxygens (including phenoxy) is 1. The Kier molecular flexibility index (Phi) is 4.59. The van der Waals surface area contributed by atoms with Crippen LogP contribution in [0.3, 0.4) is 0 Å². The number of urea groups is 1. The molecular weight excluding hydrogens is 380 g/mol. The molecule has 0 unspecified atom stereocenters. The number of nitrogens with one attached hydrogen (secondary N) is 1. The summed E-state index contributed by atoms with van der Waals surface area (Å²) in [4.78, 5) is 39.5. The summed E-state index contributed by atoms with van der Waals surface area (Å²) in [6.45, 7) is -0.336. The minimum Gasteiger partial charge on any atom is -0.495 e. The van der Waals surface area contributed by atoms with E-state index in [-0.39, 0.29) is 18.2 Å². The average molecular weight is 399 g/mol. The van der Waals surface area contributed by atoms with Crippen LogP contribution in [0.2, 0.25) is 5.02 Å². The molecule has 3 amide bonds. The zero-order valence-electron chi connectivity index (χ0n) is 15.3. The van der Waals surface area contributed by atoms with Gasteiger partial charge in [-0.15, -0.1) is 0 Å². The second kappa shape index (κ2) is 6.95. The molecule has 6 nitrogen and oxygen atoms in total. The number of Topliss-reactive ketones (excluding diaryl/α,β-unsaturated/α-hetero) is 1. The summed E-state index contributed by atoms with van der Waals surface area (Å²) in [6, 6.07) is 11.7. The van der Waals surface area contributed by atoms with E-state index in [4.69, 9.17) is 16.3 Å². The third-order valence-corrected chi connectivity index (χ3v) is 5.72. The Labute approximate surface area is 167 Å². The number of imide groups is 1. The maximum absolute atomic E-state index is 13.2. The highest BCUT2D eigenvalue weighted by Gasteiger charge is 2.54. The van der Waals surface area contributed by atoms with E-state index in [1.807, 2.05) is 24.3 Å². The molecule has 7 heteroatoms. The molecule has 1 fully saturated rings. The van der Waals surface area contributed by atoms with Gasteiger partial charge < -0.3 is 10.1 Å². The fourth-order valence-corrected chi connectivity index (χ4v) is 4.29. The number of fused-ring (bicyclic) bond motifs is 2. The van der Waals surface area contributed by atoms with Crippen LogP contribution < -0.4 is 10.1 Å². The zero-order valence-corrected chi connectivity index (χ0v) is 16.1. The van der Waals surface area contributed by atoms with Crippen molar-refractivity contribution in [2.75, 3.05) is 13.7 Å². The van der Waals surface area contributed by atoms with Gasteiger partial charge in [0, 0.05) is 5.56 Å². The number of rotatable bonds is 4. The van der Waals surface area contributed by atoms with E-state index in [9.17, 15) is 14.4 Å². The van der Waals surface area contributed by atoms with Crippen molar-refractivity contribution in [1.82, 2.24) is 10.2 Å². The molecule has 0 aromatic heterocycles. The number of carbonyl (C=O) groups is 3. The van der Waals surface area contributed by atoms with Gasteiger partial charge in [0.2, 0.25) is 0 Å². The van der Waals surface area contributed by atoms with Crippen LogP contribution in [0.4, 0.5) is 4.79 Å². The first-order valence-electron chi connectivity index (χ1n) is 9.05. The minimum absolute atomic E-state index is 0.295. The van der Waals surface area contributed by atoms with E-state index in [0.717, 1.165) is 28.9 Å². The summed E-state index contributed by atoms with van der Waals surface area (Å²) < 4.78 is 5.08. The normalized spacial score (nSPS) is 20.9. The largest absolute Gasteiger partial charge is 0.495 e. The molecule has 1 atom stereocenters. The maximum atomic E-state index is 13.2. The predicted molar refractivity (Wildman–Crippen MR) is 104 cm³/mol. The number of halogens is 1. The molecule has 28 heavy (non-hydrogen) atoms. The van der Waals surface area contributed by atoms with E-state index in [1.165, 1.54) is 13.2 Å². The quantitative estimate of drug-likeness (QED) is 0.633. The summed E-state index contributed by atoms with van der Waals surface area (Å²) in [5, 5.41) is 3.15. The van der Waals surface area contributed by atoms with Crippen LogP contribution in [-0.2, 0) is 16.8 Å². The summed E-state index contributed by atoms with van der Waals surface area (Å²) in [6.07, 6.45) is 2.18. The number of hydrogen-bond acceptors (Lipinski definition) is 4. The lowest BCUT2D eigenvalue weighted by molar-refractivity contribution is -0.131. The molecule has 1 saturated heterocycles. The van der Waals surface area contributed by atoms with E-state index < -0.39 is 11.6 Å². The lowest BCUT2D eigenvalue weighted by Crippen LogP contribution is -2.46. The second-order valence-electron chi connectivity index (χ2n) is 7.01. The van der Waals surface area contributed by atoms with Crippen LogP contribution in [0.1, 0.15) is 34.3 Å². The predicted octanol–water partition coefficient (Wildman–Crippen LogP) is 3.31. The third-order valence-electron chi connectivity index (χ3n) is 5.43. The number of methoxy groups -OCH3 is 1. The van der Waals surface area contributed by atoms with Crippen LogP contribution in [0.5, 0.6) is 5.75 Å².